The van der Waals surface area contributed by atoms with Gasteiger partial charge in [0.1, 0.15) is 5.02 Å². The molecule has 0 spiro atoms. The van der Waals surface area contributed by atoms with Crippen molar-refractivity contribution in [1.82, 2.24) is 9.78 Å². The van der Waals surface area contributed by atoms with E-state index in [1.165, 1.54) is 4.68 Å². The summed E-state index contributed by atoms with van der Waals surface area (Å²) in [5.74, 6) is 0.326. The topological polar surface area (TPSA) is 82.2 Å². The van der Waals surface area contributed by atoms with E-state index in [2.05, 4.69) is 10.4 Å². The highest BCUT2D eigenvalue weighted by Gasteiger charge is 2.39. The number of nitrogens with zero attached hydrogens (tertiary/aromatic N) is 2. The molecule has 0 aliphatic heterocycles. The standard InChI is InChI=1S/C14H23ClN4O2/c1-4-21-11-5-9(16)13(11)18-10-6-17-19(7-8(2)3)14(20)12(10)15/h6,8-9,11,13,18H,4-5,7,16H2,1-3H3. The number of halogens is 1. The maximum absolute atomic E-state index is 12.2. The molecule has 0 bridgehead atoms. The molecule has 0 amide bonds. The Morgan fingerprint density at radius 2 is 2.33 bits per heavy atom. The number of hydrogen-bond donors (Lipinski definition) is 2. The van der Waals surface area contributed by atoms with Crippen LogP contribution < -0.4 is 16.6 Å². The number of anilines is 1. The molecule has 1 aliphatic rings. The quantitative estimate of drug-likeness (QED) is 0.831. The highest BCUT2D eigenvalue weighted by atomic mass is 35.5. The Balaban J connectivity index is 2.14. The van der Waals surface area contributed by atoms with Gasteiger partial charge in [0.05, 0.1) is 24.0 Å². The van der Waals surface area contributed by atoms with Gasteiger partial charge in [-0.2, -0.15) is 5.10 Å². The minimum Gasteiger partial charge on any atom is -0.376 e. The average molecular weight is 315 g/mol. The number of rotatable bonds is 6. The third kappa shape index (κ3) is 3.56. The Hall–Kier alpha value is -1.11. The Labute approximate surface area is 129 Å². The third-order valence-corrected chi connectivity index (χ3v) is 3.96. The summed E-state index contributed by atoms with van der Waals surface area (Å²) < 4.78 is 6.98. The van der Waals surface area contributed by atoms with Crippen molar-refractivity contribution in [1.29, 1.82) is 0 Å². The van der Waals surface area contributed by atoms with Crippen molar-refractivity contribution in [2.45, 2.75) is 51.9 Å². The van der Waals surface area contributed by atoms with Crippen molar-refractivity contribution in [3.63, 3.8) is 0 Å². The predicted octanol–water partition coefficient (Wildman–Crippen LogP) is 1.47. The van der Waals surface area contributed by atoms with Crippen LogP contribution in [0.5, 0.6) is 0 Å². The van der Waals surface area contributed by atoms with Crippen LogP contribution >= 0.6 is 11.6 Å². The van der Waals surface area contributed by atoms with Crippen molar-refractivity contribution >= 4 is 17.3 Å². The fourth-order valence-electron chi connectivity index (χ4n) is 2.45. The number of nitrogens with two attached hydrogens (primary N) is 1. The lowest BCUT2D eigenvalue weighted by Crippen LogP contribution is -2.60. The van der Waals surface area contributed by atoms with Gasteiger partial charge in [0.15, 0.2) is 0 Å². The molecule has 1 aromatic heterocycles. The second-order valence-electron chi connectivity index (χ2n) is 5.82. The average Bonchev–Trinajstić information content (AvgIpc) is 2.42. The van der Waals surface area contributed by atoms with E-state index < -0.39 is 0 Å². The summed E-state index contributed by atoms with van der Waals surface area (Å²) in [6.07, 6.45) is 2.44. The van der Waals surface area contributed by atoms with Crippen LogP contribution in [0, 0.1) is 5.92 Å². The van der Waals surface area contributed by atoms with Gasteiger partial charge in [0.25, 0.3) is 5.56 Å². The second kappa shape index (κ2) is 6.77. The molecule has 1 fully saturated rings. The van der Waals surface area contributed by atoms with Crippen molar-refractivity contribution in [3.8, 4) is 0 Å². The maximum atomic E-state index is 12.2. The predicted molar refractivity (Wildman–Crippen MR) is 83.8 cm³/mol. The zero-order valence-electron chi connectivity index (χ0n) is 12.7. The fraction of sp³-hybridized carbons (Fsp3) is 0.714. The summed E-state index contributed by atoms with van der Waals surface area (Å²) in [7, 11) is 0. The summed E-state index contributed by atoms with van der Waals surface area (Å²) >= 11 is 6.16. The van der Waals surface area contributed by atoms with E-state index in [1.54, 1.807) is 6.20 Å². The van der Waals surface area contributed by atoms with E-state index in [9.17, 15) is 4.79 Å². The smallest absolute Gasteiger partial charge is 0.287 e. The van der Waals surface area contributed by atoms with Crippen LogP contribution in [0.4, 0.5) is 5.69 Å². The third-order valence-electron chi connectivity index (χ3n) is 3.59. The SMILES string of the molecule is CCOC1CC(N)C1Nc1cnn(CC(C)C)c(=O)c1Cl. The molecule has 3 atom stereocenters. The first-order chi connectivity index (χ1) is 9.93. The van der Waals surface area contributed by atoms with E-state index >= 15 is 0 Å². The van der Waals surface area contributed by atoms with Gasteiger partial charge in [-0.1, -0.05) is 25.4 Å². The molecule has 3 N–H and O–H groups in total. The van der Waals surface area contributed by atoms with Crippen LogP contribution in [0.2, 0.25) is 5.02 Å². The molecule has 0 radical (unpaired) electrons. The molecule has 118 valence electrons. The summed E-state index contributed by atoms with van der Waals surface area (Å²) in [5.41, 5.74) is 6.22. The molecule has 0 saturated heterocycles. The van der Waals surface area contributed by atoms with Crippen molar-refractivity contribution < 1.29 is 4.74 Å². The van der Waals surface area contributed by atoms with E-state index in [1.807, 2.05) is 20.8 Å². The summed E-state index contributed by atoms with van der Waals surface area (Å²) in [5, 5.41) is 7.51. The van der Waals surface area contributed by atoms with Gasteiger partial charge in [-0.25, -0.2) is 4.68 Å². The maximum Gasteiger partial charge on any atom is 0.287 e. The monoisotopic (exact) mass is 314 g/mol. The van der Waals surface area contributed by atoms with Crippen LogP contribution in [-0.2, 0) is 11.3 Å². The van der Waals surface area contributed by atoms with Crippen molar-refractivity contribution in [3.05, 3.63) is 21.6 Å². The van der Waals surface area contributed by atoms with Gasteiger partial charge in [-0.3, -0.25) is 4.79 Å². The molecule has 1 aliphatic carbocycles. The molecule has 6 nitrogen and oxygen atoms in total. The van der Waals surface area contributed by atoms with E-state index in [4.69, 9.17) is 22.1 Å². The Bertz CT molecular complexity index is 544. The fourth-order valence-corrected chi connectivity index (χ4v) is 2.65. The number of aromatic nitrogens is 2. The van der Waals surface area contributed by atoms with Gasteiger partial charge >= 0.3 is 0 Å². The Morgan fingerprint density at radius 3 is 2.90 bits per heavy atom. The van der Waals surface area contributed by atoms with Crippen LogP contribution in [0.1, 0.15) is 27.2 Å². The van der Waals surface area contributed by atoms with Crippen LogP contribution in [0.3, 0.4) is 0 Å². The van der Waals surface area contributed by atoms with Gasteiger partial charge < -0.3 is 15.8 Å². The molecule has 3 unspecified atom stereocenters. The zero-order chi connectivity index (χ0) is 15.6. The zero-order valence-corrected chi connectivity index (χ0v) is 13.4. The molecule has 2 rings (SSSR count). The molecule has 21 heavy (non-hydrogen) atoms. The summed E-state index contributed by atoms with van der Waals surface area (Å²) in [6, 6.07) is -0.0414. The molecule has 1 aromatic rings. The molecule has 1 heterocycles. The first-order valence-corrected chi connectivity index (χ1v) is 7.71. The summed E-state index contributed by atoms with van der Waals surface area (Å²) in [6.45, 7) is 7.17. The van der Waals surface area contributed by atoms with Gasteiger partial charge in [0.2, 0.25) is 0 Å². The van der Waals surface area contributed by atoms with Crippen LogP contribution in [-0.4, -0.2) is 34.6 Å². The van der Waals surface area contributed by atoms with Gasteiger partial charge in [-0.15, -0.1) is 0 Å². The number of hydrogen-bond acceptors (Lipinski definition) is 5. The van der Waals surface area contributed by atoms with Crippen LogP contribution in [0.25, 0.3) is 0 Å². The lowest BCUT2D eigenvalue weighted by molar-refractivity contribution is -0.0126. The van der Waals surface area contributed by atoms with E-state index in [-0.39, 0.29) is 28.8 Å². The number of ether oxygens (including phenoxy) is 1. The van der Waals surface area contributed by atoms with Gasteiger partial charge in [0, 0.05) is 19.2 Å². The highest BCUT2D eigenvalue weighted by Crippen LogP contribution is 2.28. The molecule has 7 heteroatoms. The highest BCUT2D eigenvalue weighted by molar-refractivity contribution is 6.32. The van der Waals surface area contributed by atoms with Crippen LogP contribution in [0.15, 0.2) is 11.0 Å². The lowest BCUT2D eigenvalue weighted by Gasteiger charge is -2.43. The van der Waals surface area contributed by atoms with Crippen molar-refractivity contribution in [2.75, 3.05) is 11.9 Å². The first-order valence-electron chi connectivity index (χ1n) is 7.33. The largest absolute Gasteiger partial charge is 0.376 e. The Kier molecular flexibility index (Phi) is 5.24. The lowest BCUT2D eigenvalue weighted by atomic mass is 9.83. The van der Waals surface area contributed by atoms with E-state index in [0.29, 0.717) is 24.8 Å². The molecule has 1 saturated carbocycles. The second-order valence-corrected chi connectivity index (χ2v) is 6.19. The molecule has 0 aromatic carbocycles. The normalized spacial score (nSPS) is 25.0. The van der Waals surface area contributed by atoms with E-state index in [0.717, 1.165) is 6.42 Å². The molecular formula is C14H23ClN4O2. The van der Waals surface area contributed by atoms with Crippen molar-refractivity contribution in [2.24, 2.45) is 11.7 Å². The van der Waals surface area contributed by atoms with Gasteiger partial charge in [-0.05, 0) is 19.3 Å². The summed E-state index contributed by atoms with van der Waals surface area (Å²) in [4.78, 5) is 12.2. The first kappa shape index (κ1) is 16.3. The Morgan fingerprint density at radius 1 is 1.62 bits per heavy atom. The molecular weight excluding hydrogens is 292 g/mol. The minimum absolute atomic E-state index is 0.00397. The minimum atomic E-state index is -0.281. The number of nitrogens with one attached hydrogen (secondary N) is 1.